The highest BCUT2D eigenvalue weighted by Crippen LogP contribution is 2.22. The van der Waals surface area contributed by atoms with Gasteiger partial charge in [-0.1, -0.05) is 0 Å². The molecule has 8 N–H and O–H groups in total. The number of hydrogen-bond acceptors (Lipinski definition) is 12. The molecule has 0 radical (unpaired) electrons. The van der Waals surface area contributed by atoms with Crippen LogP contribution in [-0.2, 0) is 23.9 Å². The lowest BCUT2D eigenvalue weighted by Gasteiger charge is -2.21. The summed E-state index contributed by atoms with van der Waals surface area (Å²) < 4.78 is 8.67. The van der Waals surface area contributed by atoms with E-state index >= 15 is 0 Å². The van der Waals surface area contributed by atoms with Gasteiger partial charge in [-0.2, -0.15) is 0 Å². The van der Waals surface area contributed by atoms with Crippen LogP contribution in [0, 0.1) is 0 Å². The number of aliphatic carboxylic acids is 1. The second kappa shape index (κ2) is 8.09. The summed E-state index contributed by atoms with van der Waals surface area (Å²) in [5.74, 6) is -8.45. The minimum absolute atomic E-state index is 1.05. The Balaban J connectivity index is 2.97. The Labute approximate surface area is 138 Å². The summed E-state index contributed by atoms with van der Waals surface area (Å²) in [6, 6.07) is 0. The third kappa shape index (κ3) is 4.34. The van der Waals surface area contributed by atoms with Gasteiger partial charge >= 0.3 is 17.9 Å². The number of hydrogen-bond donors (Lipinski definition) is 8. The summed E-state index contributed by atoms with van der Waals surface area (Å²) in [5, 5.41) is 73.6. The van der Waals surface area contributed by atoms with Crippen LogP contribution in [0.25, 0.3) is 0 Å². The topological polar surface area (TPSA) is 232 Å². The number of carbonyl (C=O) groups is 3. The van der Waals surface area contributed by atoms with E-state index in [-0.39, 0.29) is 0 Å². The van der Waals surface area contributed by atoms with E-state index in [9.17, 15) is 39.9 Å². The summed E-state index contributed by atoms with van der Waals surface area (Å²) >= 11 is 0. The van der Waals surface area contributed by atoms with Crippen molar-refractivity contribution in [1.29, 1.82) is 0 Å². The highest BCUT2D eigenvalue weighted by atomic mass is 16.6. The summed E-state index contributed by atoms with van der Waals surface area (Å²) in [4.78, 5) is 33.9. The molecule has 0 unspecified atom stereocenters. The number of rotatable bonds is 7. The molecule has 0 aromatic rings. The Hall–Kier alpha value is -2.45. The van der Waals surface area contributed by atoms with Gasteiger partial charge in [0, 0.05) is 0 Å². The quantitative estimate of drug-likeness (QED) is 0.121. The van der Waals surface area contributed by atoms with E-state index in [0.29, 0.717) is 0 Å². The SMILES string of the molecule is O=C(O[C@H](C(=O)O)[C@H]1OC(=O)[C@H](O)[C@H]1O)/C(O)=C(/O)[C@H](O)[C@@H](O)CO. The van der Waals surface area contributed by atoms with Gasteiger partial charge in [-0.25, -0.2) is 14.4 Å². The van der Waals surface area contributed by atoms with Gasteiger partial charge in [0.05, 0.1) is 6.61 Å². The van der Waals surface area contributed by atoms with Gasteiger partial charge in [-0.3, -0.25) is 0 Å². The molecule has 1 heterocycles. The van der Waals surface area contributed by atoms with Gasteiger partial charge in [0.1, 0.15) is 18.3 Å². The van der Waals surface area contributed by atoms with Crippen LogP contribution in [0.1, 0.15) is 0 Å². The molecule has 0 bridgehead atoms. The number of carbonyl (C=O) groups excluding carboxylic acids is 2. The first-order chi connectivity index (χ1) is 11.5. The molecule has 0 spiro atoms. The maximum atomic E-state index is 11.6. The molecule has 1 rings (SSSR count). The van der Waals surface area contributed by atoms with Crippen LogP contribution in [0.4, 0.5) is 0 Å². The highest BCUT2D eigenvalue weighted by molar-refractivity contribution is 5.89. The minimum Gasteiger partial charge on any atom is -0.506 e. The molecule has 0 aliphatic carbocycles. The molecule has 25 heavy (non-hydrogen) atoms. The monoisotopic (exact) mass is 368 g/mol. The lowest BCUT2D eigenvalue weighted by atomic mass is 10.1. The molecule has 142 valence electrons. The molecular weight excluding hydrogens is 352 g/mol. The van der Waals surface area contributed by atoms with Crippen LogP contribution in [0.5, 0.6) is 0 Å². The van der Waals surface area contributed by atoms with Crippen LogP contribution in [0.2, 0.25) is 0 Å². The van der Waals surface area contributed by atoms with E-state index in [1.807, 2.05) is 0 Å². The third-order valence-corrected chi connectivity index (χ3v) is 3.20. The molecule has 13 nitrogen and oxygen atoms in total. The van der Waals surface area contributed by atoms with Crippen molar-refractivity contribution in [3.8, 4) is 0 Å². The van der Waals surface area contributed by atoms with Crippen LogP contribution in [-0.4, -0.2) is 102 Å². The predicted molar refractivity (Wildman–Crippen MR) is 70.8 cm³/mol. The standard InChI is InChI=1S/C12H16O13/c13-1-2(14)3(15)4(16)6(18)11(22)25-9(10(20)21)8-5(17)7(19)12(23)24-8/h2-3,5,7-9,13-19H,1H2,(H,20,21)/b6-4-/t2-,3+,5+,7+,8-,9-/m0/s1. The Morgan fingerprint density at radius 3 is 2.12 bits per heavy atom. The fourth-order valence-electron chi connectivity index (χ4n) is 1.79. The lowest BCUT2D eigenvalue weighted by Crippen LogP contribution is -2.45. The molecule has 0 saturated carbocycles. The molecule has 0 aromatic heterocycles. The van der Waals surface area contributed by atoms with E-state index < -0.39 is 72.7 Å². The van der Waals surface area contributed by atoms with Crippen molar-refractivity contribution in [1.82, 2.24) is 0 Å². The number of aliphatic hydroxyl groups is 7. The second-order valence-electron chi connectivity index (χ2n) is 4.93. The first-order valence-corrected chi connectivity index (χ1v) is 6.62. The number of ether oxygens (including phenoxy) is 2. The van der Waals surface area contributed by atoms with Gasteiger partial charge in [0.25, 0.3) is 0 Å². The highest BCUT2D eigenvalue weighted by Gasteiger charge is 2.51. The zero-order valence-corrected chi connectivity index (χ0v) is 12.3. The van der Waals surface area contributed by atoms with Crippen molar-refractivity contribution in [3.63, 3.8) is 0 Å². The van der Waals surface area contributed by atoms with Gasteiger partial charge in [0.15, 0.2) is 18.0 Å². The van der Waals surface area contributed by atoms with Gasteiger partial charge in [-0.05, 0) is 0 Å². The predicted octanol–water partition coefficient (Wildman–Crippen LogP) is -4.33. The second-order valence-corrected chi connectivity index (χ2v) is 4.93. The van der Waals surface area contributed by atoms with Gasteiger partial charge < -0.3 is 50.3 Å². The fourth-order valence-corrected chi connectivity index (χ4v) is 1.79. The maximum absolute atomic E-state index is 11.6. The molecule has 0 aromatic carbocycles. The van der Waals surface area contributed by atoms with E-state index in [2.05, 4.69) is 9.47 Å². The Kier molecular flexibility index (Phi) is 6.66. The molecule has 13 heteroatoms. The number of esters is 2. The summed E-state index contributed by atoms with van der Waals surface area (Å²) in [6.45, 7) is -1.05. The summed E-state index contributed by atoms with van der Waals surface area (Å²) in [5.41, 5.74) is 0. The minimum atomic E-state index is -2.38. The number of carboxylic acid groups (broad SMARTS) is 1. The van der Waals surface area contributed by atoms with E-state index in [1.165, 1.54) is 0 Å². The normalized spacial score (nSPS) is 27.7. The van der Waals surface area contributed by atoms with Gasteiger partial charge in [-0.15, -0.1) is 0 Å². The van der Waals surface area contributed by atoms with Crippen LogP contribution >= 0.6 is 0 Å². The Morgan fingerprint density at radius 2 is 1.72 bits per heavy atom. The molecule has 1 fully saturated rings. The average molecular weight is 368 g/mol. The Bertz CT molecular complexity index is 569. The average Bonchev–Trinajstić information content (AvgIpc) is 2.83. The zero-order valence-electron chi connectivity index (χ0n) is 12.3. The maximum Gasteiger partial charge on any atom is 0.378 e. The van der Waals surface area contributed by atoms with Crippen molar-refractivity contribution in [2.75, 3.05) is 6.61 Å². The number of aliphatic hydroxyl groups excluding tert-OH is 7. The fraction of sp³-hybridized carbons (Fsp3) is 0.583. The van der Waals surface area contributed by atoms with Gasteiger partial charge in [0.2, 0.25) is 11.9 Å². The lowest BCUT2D eigenvalue weighted by molar-refractivity contribution is -0.177. The first kappa shape index (κ1) is 20.6. The van der Waals surface area contributed by atoms with Crippen LogP contribution in [0.3, 0.4) is 0 Å². The molecule has 1 saturated heterocycles. The van der Waals surface area contributed by atoms with Crippen molar-refractivity contribution < 1.29 is 64.7 Å². The first-order valence-electron chi connectivity index (χ1n) is 6.62. The van der Waals surface area contributed by atoms with E-state index in [1.54, 1.807) is 0 Å². The van der Waals surface area contributed by atoms with Crippen LogP contribution < -0.4 is 0 Å². The third-order valence-electron chi connectivity index (χ3n) is 3.20. The van der Waals surface area contributed by atoms with E-state index in [4.69, 9.17) is 15.3 Å². The molecule has 1 aliphatic heterocycles. The Morgan fingerprint density at radius 1 is 1.16 bits per heavy atom. The largest absolute Gasteiger partial charge is 0.506 e. The van der Waals surface area contributed by atoms with Crippen LogP contribution in [0.15, 0.2) is 11.5 Å². The molecular formula is C12H16O13. The van der Waals surface area contributed by atoms with E-state index in [0.717, 1.165) is 0 Å². The molecule has 6 atom stereocenters. The number of carboxylic acids is 1. The van der Waals surface area contributed by atoms with Crippen molar-refractivity contribution >= 4 is 17.9 Å². The van der Waals surface area contributed by atoms with Crippen molar-refractivity contribution in [2.45, 2.75) is 36.6 Å². The summed E-state index contributed by atoms with van der Waals surface area (Å²) in [7, 11) is 0. The smallest absolute Gasteiger partial charge is 0.378 e. The summed E-state index contributed by atoms with van der Waals surface area (Å²) in [6.07, 6.45) is -12.8. The molecule has 0 amide bonds. The molecule has 1 aliphatic rings. The van der Waals surface area contributed by atoms with Crippen molar-refractivity contribution in [3.05, 3.63) is 11.5 Å². The number of cyclic esters (lactones) is 1. The zero-order chi connectivity index (χ0) is 19.5. The van der Waals surface area contributed by atoms with Crippen molar-refractivity contribution in [2.24, 2.45) is 0 Å².